The van der Waals surface area contributed by atoms with Crippen molar-refractivity contribution in [2.24, 2.45) is 0 Å². The highest BCUT2D eigenvalue weighted by atomic mass is 16.5. The van der Waals surface area contributed by atoms with Gasteiger partial charge in [-0.1, -0.05) is 50.1 Å². The number of ether oxygens (including phenoxy) is 1. The van der Waals surface area contributed by atoms with Crippen molar-refractivity contribution in [1.29, 1.82) is 0 Å². The fourth-order valence-corrected chi connectivity index (χ4v) is 1.84. The predicted molar refractivity (Wildman–Crippen MR) is 83.7 cm³/mol. The summed E-state index contributed by atoms with van der Waals surface area (Å²) in [4.78, 5) is 34.1. The van der Waals surface area contributed by atoms with E-state index in [0.29, 0.717) is 12.8 Å². The van der Waals surface area contributed by atoms with Crippen LogP contribution in [-0.2, 0) is 20.9 Å². The van der Waals surface area contributed by atoms with Gasteiger partial charge in [0.05, 0.1) is 0 Å². The number of hydrogen-bond donors (Lipinski definition) is 3. The molecule has 0 heterocycles. The van der Waals surface area contributed by atoms with E-state index in [0.717, 1.165) is 12.0 Å². The van der Waals surface area contributed by atoms with Gasteiger partial charge in [-0.15, -0.1) is 0 Å². The van der Waals surface area contributed by atoms with Crippen molar-refractivity contribution in [2.75, 3.05) is 6.54 Å². The topological polar surface area (TPSA) is 105 Å². The first-order chi connectivity index (χ1) is 11.0. The fourth-order valence-electron chi connectivity index (χ4n) is 1.84. The van der Waals surface area contributed by atoms with Crippen LogP contribution in [-0.4, -0.2) is 35.7 Å². The first kappa shape index (κ1) is 18.5. The lowest BCUT2D eigenvalue weighted by Gasteiger charge is -2.14. The van der Waals surface area contributed by atoms with E-state index < -0.39 is 24.0 Å². The third kappa shape index (κ3) is 7.85. The van der Waals surface area contributed by atoms with Crippen LogP contribution in [0.25, 0.3) is 0 Å². The summed E-state index contributed by atoms with van der Waals surface area (Å²) in [5.41, 5.74) is 0.831. The van der Waals surface area contributed by atoms with Crippen molar-refractivity contribution in [3.63, 3.8) is 0 Å². The standard InChI is InChI=1S/C16H22N2O5/c1-2-3-9-13(15(20)21)18-14(19)10-17-16(22)23-11-12-7-5-4-6-8-12/h4-8,13H,2-3,9-11H2,1H3,(H,17,22)(H,18,19)(H,20,21)/t13-/m0/s1. The second-order valence-corrected chi connectivity index (χ2v) is 5.02. The lowest BCUT2D eigenvalue weighted by atomic mass is 10.1. The number of rotatable bonds is 9. The van der Waals surface area contributed by atoms with Crippen molar-refractivity contribution in [1.82, 2.24) is 10.6 Å². The summed E-state index contributed by atoms with van der Waals surface area (Å²) in [6.07, 6.45) is 1.16. The number of carbonyl (C=O) groups is 3. The van der Waals surface area contributed by atoms with E-state index in [1.807, 2.05) is 37.3 Å². The molecule has 0 aliphatic rings. The summed E-state index contributed by atoms with van der Waals surface area (Å²) < 4.78 is 4.95. The quantitative estimate of drug-likeness (QED) is 0.641. The van der Waals surface area contributed by atoms with Gasteiger partial charge >= 0.3 is 12.1 Å². The van der Waals surface area contributed by atoms with Crippen LogP contribution in [0.3, 0.4) is 0 Å². The number of alkyl carbamates (subject to hydrolysis) is 1. The van der Waals surface area contributed by atoms with Crippen molar-refractivity contribution in [2.45, 2.75) is 38.8 Å². The lowest BCUT2D eigenvalue weighted by molar-refractivity contribution is -0.141. The lowest BCUT2D eigenvalue weighted by Crippen LogP contribution is -2.45. The average Bonchev–Trinajstić information content (AvgIpc) is 2.55. The molecule has 0 unspecified atom stereocenters. The molecule has 2 amide bonds. The van der Waals surface area contributed by atoms with Crippen LogP contribution in [0, 0.1) is 0 Å². The third-order valence-electron chi connectivity index (χ3n) is 3.09. The van der Waals surface area contributed by atoms with Gasteiger partial charge in [0.2, 0.25) is 5.91 Å². The molecule has 0 aliphatic carbocycles. The fraction of sp³-hybridized carbons (Fsp3) is 0.438. The summed E-state index contributed by atoms with van der Waals surface area (Å²) in [6.45, 7) is 1.71. The molecule has 0 radical (unpaired) electrons. The number of carboxylic acid groups (broad SMARTS) is 1. The molecule has 1 aromatic rings. The number of carbonyl (C=O) groups excluding carboxylic acids is 2. The van der Waals surface area contributed by atoms with Crippen LogP contribution in [0.5, 0.6) is 0 Å². The molecule has 1 atom stereocenters. The number of carboxylic acids is 1. The molecule has 0 bridgehead atoms. The number of nitrogens with one attached hydrogen (secondary N) is 2. The molecule has 0 fully saturated rings. The molecule has 0 saturated carbocycles. The Morgan fingerprint density at radius 3 is 2.52 bits per heavy atom. The molecule has 0 spiro atoms. The molecule has 0 aliphatic heterocycles. The number of hydrogen-bond acceptors (Lipinski definition) is 4. The van der Waals surface area contributed by atoms with Crippen LogP contribution in [0.1, 0.15) is 31.7 Å². The maximum Gasteiger partial charge on any atom is 0.407 e. The van der Waals surface area contributed by atoms with Gasteiger partial charge in [0.25, 0.3) is 0 Å². The number of unbranched alkanes of at least 4 members (excludes halogenated alkanes) is 1. The summed E-state index contributed by atoms with van der Waals surface area (Å²) in [7, 11) is 0. The molecular formula is C16H22N2O5. The van der Waals surface area contributed by atoms with Gasteiger partial charge in [-0.2, -0.15) is 0 Å². The van der Waals surface area contributed by atoms with Crippen LogP contribution in [0.4, 0.5) is 4.79 Å². The molecule has 1 rings (SSSR count). The highest BCUT2D eigenvalue weighted by Gasteiger charge is 2.19. The van der Waals surface area contributed by atoms with Crippen molar-refractivity contribution >= 4 is 18.0 Å². The Kier molecular flexibility index (Phi) is 8.20. The Labute approximate surface area is 135 Å². The zero-order valence-corrected chi connectivity index (χ0v) is 13.1. The van der Waals surface area contributed by atoms with E-state index >= 15 is 0 Å². The van der Waals surface area contributed by atoms with Crippen LogP contribution >= 0.6 is 0 Å². The number of amides is 2. The van der Waals surface area contributed by atoms with Gasteiger partial charge in [0.1, 0.15) is 19.2 Å². The molecular weight excluding hydrogens is 300 g/mol. The molecule has 0 aromatic heterocycles. The summed E-state index contributed by atoms with van der Waals surface area (Å²) in [5, 5.41) is 13.7. The van der Waals surface area contributed by atoms with Crippen molar-refractivity contribution < 1.29 is 24.2 Å². The third-order valence-corrected chi connectivity index (χ3v) is 3.09. The minimum absolute atomic E-state index is 0.0997. The Morgan fingerprint density at radius 1 is 1.22 bits per heavy atom. The Bertz CT molecular complexity index is 518. The van der Waals surface area contributed by atoms with E-state index in [1.54, 1.807) is 0 Å². The zero-order chi connectivity index (χ0) is 17.1. The van der Waals surface area contributed by atoms with Gasteiger partial charge in [0, 0.05) is 0 Å². The Balaban J connectivity index is 2.28. The van der Waals surface area contributed by atoms with Crippen molar-refractivity contribution in [3.05, 3.63) is 35.9 Å². The van der Waals surface area contributed by atoms with Crippen molar-refractivity contribution in [3.8, 4) is 0 Å². The van der Waals surface area contributed by atoms with Gasteiger partial charge in [-0.3, -0.25) is 4.79 Å². The predicted octanol–water partition coefficient (Wildman–Crippen LogP) is 1.67. The maximum atomic E-state index is 11.7. The smallest absolute Gasteiger partial charge is 0.407 e. The first-order valence-electron chi connectivity index (χ1n) is 7.49. The normalized spacial score (nSPS) is 11.3. The number of benzene rings is 1. The maximum absolute atomic E-state index is 11.7. The van der Waals surface area contributed by atoms with Gasteiger partial charge in [-0.05, 0) is 12.0 Å². The van der Waals surface area contributed by atoms with E-state index in [9.17, 15) is 14.4 Å². The monoisotopic (exact) mass is 322 g/mol. The van der Waals surface area contributed by atoms with Gasteiger partial charge in [-0.25, -0.2) is 9.59 Å². The van der Waals surface area contributed by atoms with E-state index in [-0.39, 0.29) is 13.2 Å². The highest BCUT2D eigenvalue weighted by molar-refractivity contribution is 5.86. The van der Waals surface area contributed by atoms with Crippen LogP contribution in [0.15, 0.2) is 30.3 Å². The summed E-state index contributed by atoms with van der Waals surface area (Å²) >= 11 is 0. The van der Waals surface area contributed by atoms with Crippen LogP contribution < -0.4 is 10.6 Å². The largest absolute Gasteiger partial charge is 0.480 e. The molecule has 7 heteroatoms. The molecule has 23 heavy (non-hydrogen) atoms. The zero-order valence-electron chi connectivity index (χ0n) is 13.1. The molecule has 1 aromatic carbocycles. The average molecular weight is 322 g/mol. The summed E-state index contributed by atoms with van der Waals surface area (Å²) in [5.74, 6) is -1.65. The molecule has 3 N–H and O–H groups in total. The minimum Gasteiger partial charge on any atom is -0.480 e. The second kappa shape index (κ2) is 10.2. The van der Waals surface area contributed by atoms with Gasteiger partial charge in [0.15, 0.2) is 0 Å². The minimum atomic E-state index is -1.08. The molecule has 7 nitrogen and oxygen atoms in total. The Morgan fingerprint density at radius 2 is 1.91 bits per heavy atom. The molecule has 126 valence electrons. The van der Waals surface area contributed by atoms with E-state index in [2.05, 4.69) is 10.6 Å². The number of aliphatic carboxylic acids is 1. The second-order valence-electron chi connectivity index (χ2n) is 5.02. The summed E-state index contributed by atoms with van der Waals surface area (Å²) in [6, 6.07) is 8.19. The molecule has 0 saturated heterocycles. The SMILES string of the molecule is CCCC[C@H](NC(=O)CNC(=O)OCc1ccccc1)C(=O)O. The van der Waals surface area contributed by atoms with Crippen LogP contribution in [0.2, 0.25) is 0 Å². The van der Waals surface area contributed by atoms with E-state index in [4.69, 9.17) is 9.84 Å². The first-order valence-corrected chi connectivity index (χ1v) is 7.49. The highest BCUT2D eigenvalue weighted by Crippen LogP contribution is 2.01. The van der Waals surface area contributed by atoms with Gasteiger partial charge < -0.3 is 20.5 Å². The van der Waals surface area contributed by atoms with E-state index in [1.165, 1.54) is 0 Å². The Hall–Kier alpha value is -2.57.